The number of hydrogen-bond donors (Lipinski definition) is 1. The minimum Gasteiger partial charge on any atom is -0.375 e. The molecule has 3 rings (SSSR count). The van der Waals surface area contributed by atoms with E-state index in [2.05, 4.69) is 48.1 Å². The Morgan fingerprint density at radius 2 is 1.63 bits per heavy atom. The Morgan fingerprint density at radius 1 is 1.04 bits per heavy atom. The van der Waals surface area contributed by atoms with E-state index >= 15 is 0 Å². The van der Waals surface area contributed by atoms with E-state index in [4.69, 9.17) is 0 Å². The van der Waals surface area contributed by atoms with E-state index in [1.165, 1.54) is 44.2 Å². The summed E-state index contributed by atoms with van der Waals surface area (Å²) < 4.78 is 0. The molecule has 4 nitrogen and oxygen atoms in total. The van der Waals surface area contributed by atoms with E-state index < -0.39 is 0 Å². The summed E-state index contributed by atoms with van der Waals surface area (Å²) in [6.07, 6.45) is 12.2. The highest BCUT2D eigenvalue weighted by Crippen LogP contribution is 2.38. The van der Waals surface area contributed by atoms with Crippen LogP contribution in [0.3, 0.4) is 0 Å². The minimum absolute atomic E-state index is 0.00666. The maximum Gasteiger partial charge on any atom is 0.322 e. The van der Waals surface area contributed by atoms with Crippen LogP contribution in [0.4, 0.5) is 16.2 Å². The smallest absolute Gasteiger partial charge is 0.322 e. The molecule has 0 saturated heterocycles. The van der Waals surface area contributed by atoms with Gasteiger partial charge in [0.25, 0.3) is 0 Å². The van der Waals surface area contributed by atoms with E-state index in [9.17, 15) is 4.79 Å². The van der Waals surface area contributed by atoms with E-state index in [-0.39, 0.29) is 11.6 Å². The van der Waals surface area contributed by atoms with Crippen LogP contribution in [-0.2, 0) is 0 Å². The third-order valence-corrected chi connectivity index (χ3v) is 6.70. The van der Waals surface area contributed by atoms with Crippen LogP contribution >= 0.6 is 0 Å². The second-order valence-corrected chi connectivity index (χ2v) is 8.71. The first kappa shape index (κ1) is 20.0. The number of carbonyl (C=O) groups is 1. The van der Waals surface area contributed by atoms with Crippen molar-refractivity contribution in [2.75, 3.05) is 23.8 Å². The lowest BCUT2D eigenvalue weighted by atomic mass is 9.79. The fraction of sp³-hybridized carbons (Fsp3) is 0.696. The van der Waals surface area contributed by atoms with Gasteiger partial charge in [-0.3, -0.25) is 0 Å². The minimum atomic E-state index is 0.00666. The van der Waals surface area contributed by atoms with Gasteiger partial charge in [-0.1, -0.05) is 38.5 Å². The Hall–Kier alpha value is -1.71. The second kappa shape index (κ2) is 8.99. The third kappa shape index (κ3) is 4.77. The number of hydrogen-bond acceptors (Lipinski definition) is 2. The monoisotopic (exact) mass is 371 g/mol. The second-order valence-electron chi connectivity index (χ2n) is 8.71. The fourth-order valence-corrected chi connectivity index (χ4v) is 4.91. The number of nitrogens with one attached hydrogen (secondary N) is 1. The van der Waals surface area contributed by atoms with Crippen molar-refractivity contribution < 1.29 is 4.79 Å². The van der Waals surface area contributed by atoms with Crippen LogP contribution in [-0.4, -0.2) is 36.1 Å². The molecule has 0 atom stereocenters. The number of nitrogens with zero attached hydrogens (tertiary/aromatic N) is 2. The Bertz CT molecular complexity index is 601. The molecule has 2 aliphatic rings. The van der Waals surface area contributed by atoms with Crippen LogP contribution < -0.4 is 10.2 Å². The molecule has 4 heteroatoms. The van der Waals surface area contributed by atoms with Crippen LogP contribution in [0.15, 0.2) is 24.3 Å². The lowest BCUT2D eigenvalue weighted by molar-refractivity contribution is 0.0513. The molecule has 2 fully saturated rings. The SMILES string of the molecule is CCN(C)c1ccc(NC(=O)N(C2CCCCC2)C2(C)CCCCC2)cc1. The fourth-order valence-electron chi connectivity index (χ4n) is 4.91. The zero-order chi connectivity index (χ0) is 19.3. The summed E-state index contributed by atoms with van der Waals surface area (Å²) >= 11 is 0. The Balaban J connectivity index is 1.76. The zero-order valence-corrected chi connectivity index (χ0v) is 17.5. The molecule has 0 heterocycles. The average molecular weight is 372 g/mol. The van der Waals surface area contributed by atoms with E-state index in [0.29, 0.717) is 6.04 Å². The quantitative estimate of drug-likeness (QED) is 0.685. The molecule has 0 aromatic heterocycles. The Labute approximate surface area is 165 Å². The Kier molecular flexibility index (Phi) is 6.67. The maximum absolute atomic E-state index is 13.4. The summed E-state index contributed by atoms with van der Waals surface area (Å²) in [5.74, 6) is 0. The highest BCUT2D eigenvalue weighted by molar-refractivity contribution is 5.90. The van der Waals surface area contributed by atoms with Gasteiger partial charge in [0.15, 0.2) is 0 Å². The van der Waals surface area contributed by atoms with Gasteiger partial charge >= 0.3 is 6.03 Å². The van der Waals surface area contributed by atoms with Crippen molar-refractivity contribution in [2.24, 2.45) is 0 Å². The van der Waals surface area contributed by atoms with Gasteiger partial charge in [-0.2, -0.15) is 0 Å². The van der Waals surface area contributed by atoms with Crippen molar-refractivity contribution in [3.05, 3.63) is 24.3 Å². The zero-order valence-electron chi connectivity index (χ0n) is 17.5. The molecule has 0 radical (unpaired) electrons. The van der Waals surface area contributed by atoms with Gasteiger partial charge in [-0.25, -0.2) is 4.79 Å². The molecule has 27 heavy (non-hydrogen) atoms. The Morgan fingerprint density at radius 3 is 2.22 bits per heavy atom. The lowest BCUT2D eigenvalue weighted by Gasteiger charge is -2.49. The van der Waals surface area contributed by atoms with Gasteiger partial charge in [-0.05, 0) is 63.8 Å². The molecule has 0 aliphatic heterocycles. The van der Waals surface area contributed by atoms with Crippen LogP contribution in [0, 0.1) is 0 Å². The van der Waals surface area contributed by atoms with E-state index in [0.717, 1.165) is 37.9 Å². The summed E-state index contributed by atoms with van der Waals surface area (Å²) in [6, 6.07) is 8.73. The predicted molar refractivity (Wildman–Crippen MR) is 115 cm³/mol. The number of rotatable bonds is 5. The summed E-state index contributed by atoms with van der Waals surface area (Å²) in [6.45, 7) is 5.43. The van der Waals surface area contributed by atoms with Crippen LogP contribution in [0.5, 0.6) is 0 Å². The normalized spacial score (nSPS) is 20.1. The van der Waals surface area contributed by atoms with Gasteiger partial charge in [-0.15, -0.1) is 0 Å². The van der Waals surface area contributed by atoms with Gasteiger partial charge in [0.1, 0.15) is 0 Å². The van der Waals surface area contributed by atoms with Crippen molar-refractivity contribution in [3.8, 4) is 0 Å². The molecular formula is C23H37N3O. The van der Waals surface area contributed by atoms with Gasteiger partial charge in [0.05, 0.1) is 0 Å². The first-order valence-corrected chi connectivity index (χ1v) is 10.9. The van der Waals surface area contributed by atoms with Crippen LogP contribution in [0.1, 0.15) is 78.1 Å². The largest absolute Gasteiger partial charge is 0.375 e. The van der Waals surface area contributed by atoms with Crippen molar-refractivity contribution >= 4 is 17.4 Å². The number of urea groups is 1. The van der Waals surface area contributed by atoms with Gasteiger partial charge in [0.2, 0.25) is 0 Å². The number of anilines is 2. The topological polar surface area (TPSA) is 35.6 Å². The molecular weight excluding hydrogens is 334 g/mol. The van der Waals surface area contributed by atoms with Crippen LogP contribution in [0.2, 0.25) is 0 Å². The number of carbonyl (C=O) groups excluding carboxylic acids is 1. The van der Waals surface area contributed by atoms with E-state index in [1.807, 2.05) is 12.1 Å². The summed E-state index contributed by atoms with van der Waals surface area (Å²) in [7, 11) is 2.09. The molecule has 0 spiro atoms. The van der Waals surface area contributed by atoms with Crippen molar-refractivity contribution in [1.29, 1.82) is 0 Å². The maximum atomic E-state index is 13.4. The van der Waals surface area contributed by atoms with Crippen molar-refractivity contribution in [1.82, 2.24) is 4.90 Å². The molecule has 0 bridgehead atoms. The van der Waals surface area contributed by atoms with Crippen molar-refractivity contribution in [3.63, 3.8) is 0 Å². The van der Waals surface area contributed by atoms with Gasteiger partial charge < -0.3 is 15.1 Å². The number of amides is 2. The predicted octanol–water partition coefficient (Wildman–Crippen LogP) is 6.03. The molecule has 0 unspecified atom stereocenters. The molecule has 2 amide bonds. The molecule has 1 aromatic rings. The first-order chi connectivity index (χ1) is 13.0. The highest BCUT2D eigenvalue weighted by Gasteiger charge is 2.40. The molecule has 2 saturated carbocycles. The summed E-state index contributed by atoms with van der Waals surface area (Å²) in [5, 5.41) is 3.21. The molecule has 2 aliphatic carbocycles. The lowest BCUT2D eigenvalue weighted by Crippen LogP contribution is -2.57. The average Bonchev–Trinajstić information content (AvgIpc) is 2.69. The van der Waals surface area contributed by atoms with Gasteiger partial charge in [0, 0.05) is 36.5 Å². The first-order valence-electron chi connectivity index (χ1n) is 10.9. The third-order valence-electron chi connectivity index (χ3n) is 6.70. The number of benzene rings is 1. The van der Waals surface area contributed by atoms with Crippen molar-refractivity contribution in [2.45, 2.75) is 89.6 Å². The van der Waals surface area contributed by atoms with Crippen LogP contribution in [0.25, 0.3) is 0 Å². The standard InChI is InChI=1S/C23H37N3O/c1-4-25(3)20-15-13-19(14-16-20)24-22(27)26(21-11-7-5-8-12-21)23(2)17-9-6-10-18-23/h13-16,21H,4-12,17-18H2,1-3H3,(H,24,27). The highest BCUT2D eigenvalue weighted by atomic mass is 16.2. The summed E-state index contributed by atoms with van der Waals surface area (Å²) in [5.41, 5.74) is 2.08. The van der Waals surface area contributed by atoms with E-state index in [1.54, 1.807) is 0 Å². The molecule has 1 aromatic carbocycles. The summed E-state index contributed by atoms with van der Waals surface area (Å²) in [4.78, 5) is 17.8. The molecule has 150 valence electrons. The molecule has 1 N–H and O–H groups in total.